The summed E-state index contributed by atoms with van der Waals surface area (Å²) in [5, 5.41) is 3.68. The Morgan fingerprint density at radius 3 is 2.57 bits per heavy atom. The van der Waals surface area contributed by atoms with E-state index in [-0.39, 0.29) is 5.91 Å². The maximum atomic E-state index is 12.7. The van der Waals surface area contributed by atoms with E-state index in [4.69, 9.17) is 11.6 Å². The topological polar surface area (TPSA) is 45.2 Å². The molecule has 30 heavy (non-hydrogen) atoms. The number of benzene rings is 2. The minimum absolute atomic E-state index is 0.162. The zero-order valence-corrected chi connectivity index (χ0v) is 17.9. The zero-order chi connectivity index (χ0) is 21.1. The standard InChI is InChI=1S/C25H24ClN3O/c1-29(2)16-17-3-4-20-14-23(11-7-19(20)13-17)28-25(30)21-8-12-24(27-15-21)18-5-9-22(26)10-6-18/h5-15H,3-4,16H2,1-2H3,(H,28,30). The van der Waals surface area contributed by atoms with Gasteiger partial charge in [0.15, 0.2) is 0 Å². The molecule has 1 amide bonds. The Kier molecular flexibility index (Phi) is 5.98. The Hall–Kier alpha value is -2.95. The van der Waals surface area contributed by atoms with Gasteiger partial charge in [-0.3, -0.25) is 9.78 Å². The molecule has 1 aliphatic rings. The molecule has 0 aliphatic heterocycles. The first-order valence-corrected chi connectivity index (χ1v) is 10.4. The SMILES string of the molecule is CN(C)CC1=Cc2ccc(NC(=O)c3ccc(-c4ccc(Cl)cc4)nc3)cc2CC1. The second-order valence-corrected chi connectivity index (χ2v) is 8.28. The number of fused-ring (bicyclic) bond motifs is 1. The second kappa shape index (κ2) is 8.82. The number of halogens is 1. The highest BCUT2D eigenvalue weighted by Gasteiger charge is 2.13. The first-order chi connectivity index (χ1) is 14.5. The molecule has 0 fully saturated rings. The third-order valence-corrected chi connectivity index (χ3v) is 5.41. The molecule has 0 saturated carbocycles. The van der Waals surface area contributed by atoms with Crippen LogP contribution in [0.4, 0.5) is 5.69 Å². The van der Waals surface area contributed by atoms with Gasteiger partial charge in [0.2, 0.25) is 0 Å². The molecule has 152 valence electrons. The number of carbonyl (C=O) groups excluding carboxylic acids is 1. The van der Waals surface area contributed by atoms with Crippen LogP contribution < -0.4 is 5.32 Å². The van der Waals surface area contributed by atoms with Crippen molar-refractivity contribution < 1.29 is 4.79 Å². The van der Waals surface area contributed by atoms with Crippen molar-refractivity contribution in [3.8, 4) is 11.3 Å². The summed E-state index contributed by atoms with van der Waals surface area (Å²) in [5.41, 5.74) is 7.05. The highest BCUT2D eigenvalue weighted by atomic mass is 35.5. The molecule has 0 saturated heterocycles. The number of aryl methyl sites for hydroxylation is 1. The van der Waals surface area contributed by atoms with E-state index in [0.717, 1.165) is 36.3 Å². The van der Waals surface area contributed by atoms with E-state index in [0.29, 0.717) is 10.6 Å². The van der Waals surface area contributed by atoms with Crippen molar-refractivity contribution in [3.05, 3.63) is 88.1 Å². The van der Waals surface area contributed by atoms with Crippen molar-refractivity contribution in [2.45, 2.75) is 12.8 Å². The summed E-state index contributed by atoms with van der Waals surface area (Å²) in [7, 11) is 4.18. The maximum Gasteiger partial charge on any atom is 0.257 e. The number of pyridine rings is 1. The average Bonchev–Trinajstić information content (AvgIpc) is 2.74. The number of amides is 1. The van der Waals surface area contributed by atoms with Gasteiger partial charge in [-0.25, -0.2) is 0 Å². The predicted octanol–water partition coefficient (Wildman–Crippen LogP) is 5.55. The van der Waals surface area contributed by atoms with Gasteiger partial charge in [0.1, 0.15) is 0 Å². The van der Waals surface area contributed by atoms with Crippen LogP contribution in [0.15, 0.2) is 66.4 Å². The Morgan fingerprint density at radius 2 is 1.87 bits per heavy atom. The van der Waals surface area contributed by atoms with Gasteiger partial charge >= 0.3 is 0 Å². The largest absolute Gasteiger partial charge is 0.322 e. The van der Waals surface area contributed by atoms with Gasteiger partial charge in [-0.2, -0.15) is 0 Å². The fraction of sp³-hybridized carbons (Fsp3) is 0.200. The van der Waals surface area contributed by atoms with Crippen LogP contribution in [0.3, 0.4) is 0 Å². The summed E-state index contributed by atoms with van der Waals surface area (Å²) < 4.78 is 0. The summed E-state index contributed by atoms with van der Waals surface area (Å²) >= 11 is 5.94. The smallest absolute Gasteiger partial charge is 0.257 e. The molecule has 0 bridgehead atoms. The van der Waals surface area contributed by atoms with Gasteiger partial charge < -0.3 is 10.2 Å². The number of hydrogen-bond donors (Lipinski definition) is 1. The van der Waals surface area contributed by atoms with E-state index in [1.807, 2.05) is 36.4 Å². The van der Waals surface area contributed by atoms with E-state index in [1.54, 1.807) is 12.3 Å². The van der Waals surface area contributed by atoms with Gasteiger partial charge in [-0.15, -0.1) is 0 Å². The second-order valence-electron chi connectivity index (χ2n) is 7.85. The average molecular weight is 418 g/mol. The van der Waals surface area contributed by atoms with Crippen LogP contribution in [0, 0.1) is 0 Å². The first kappa shape index (κ1) is 20.3. The Labute approximate surface area is 182 Å². The van der Waals surface area contributed by atoms with E-state index in [9.17, 15) is 4.79 Å². The van der Waals surface area contributed by atoms with Crippen LogP contribution in [0.25, 0.3) is 17.3 Å². The minimum atomic E-state index is -0.162. The molecule has 1 N–H and O–H groups in total. The van der Waals surface area contributed by atoms with Crippen LogP contribution in [0.2, 0.25) is 5.02 Å². The lowest BCUT2D eigenvalue weighted by atomic mass is 9.91. The minimum Gasteiger partial charge on any atom is -0.322 e. The van der Waals surface area contributed by atoms with E-state index < -0.39 is 0 Å². The molecule has 0 spiro atoms. The fourth-order valence-electron chi connectivity index (χ4n) is 3.68. The highest BCUT2D eigenvalue weighted by Crippen LogP contribution is 2.27. The summed E-state index contributed by atoms with van der Waals surface area (Å²) in [6.45, 7) is 0.983. The van der Waals surface area contributed by atoms with E-state index in [2.05, 4.69) is 47.5 Å². The molecule has 3 aromatic rings. The summed E-state index contributed by atoms with van der Waals surface area (Å²) in [6, 6.07) is 17.2. The summed E-state index contributed by atoms with van der Waals surface area (Å²) in [4.78, 5) is 19.3. The van der Waals surface area contributed by atoms with Gasteiger partial charge in [-0.1, -0.05) is 41.4 Å². The molecule has 0 atom stereocenters. The van der Waals surface area contributed by atoms with Gasteiger partial charge in [-0.05, 0) is 74.5 Å². The molecule has 1 aromatic heterocycles. The third kappa shape index (κ3) is 4.78. The number of aromatic nitrogens is 1. The molecule has 2 aromatic carbocycles. The third-order valence-electron chi connectivity index (χ3n) is 5.16. The Balaban J connectivity index is 1.45. The van der Waals surface area contributed by atoms with E-state index in [1.165, 1.54) is 16.7 Å². The normalized spacial score (nSPS) is 13.0. The van der Waals surface area contributed by atoms with Crippen LogP contribution in [-0.4, -0.2) is 36.4 Å². The first-order valence-electron chi connectivity index (χ1n) is 9.98. The van der Waals surface area contributed by atoms with Crippen molar-refractivity contribution >= 4 is 29.3 Å². The van der Waals surface area contributed by atoms with Crippen LogP contribution in [0.1, 0.15) is 27.9 Å². The molecule has 4 nitrogen and oxygen atoms in total. The number of rotatable bonds is 5. The molecule has 1 aliphatic carbocycles. The number of anilines is 1. The summed E-state index contributed by atoms with van der Waals surface area (Å²) in [6.07, 6.45) is 5.92. The van der Waals surface area contributed by atoms with Gasteiger partial charge in [0.25, 0.3) is 5.91 Å². The van der Waals surface area contributed by atoms with Crippen LogP contribution in [0.5, 0.6) is 0 Å². The van der Waals surface area contributed by atoms with Crippen molar-refractivity contribution in [3.63, 3.8) is 0 Å². The Morgan fingerprint density at radius 1 is 1.07 bits per heavy atom. The molecular weight excluding hydrogens is 394 g/mol. The molecule has 5 heteroatoms. The number of nitrogens with zero attached hydrogens (tertiary/aromatic N) is 2. The number of nitrogens with one attached hydrogen (secondary N) is 1. The lowest BCUT2D eigenvalue weighted by Gasteiger charge is -2.20. The van der Waals surface area contributed by atoms with Crippen LogP contribution in [-0.2, 0) is 6.42 Å². The molecule has 0 unspecified atom stereocenters. The fourth-order valence-corrected chi connectivity index (χ4v) is 3.81. The number of likely N-dealkylation sites (N-methyl/N-ethyl adjacent to an activating group) is 1. The van der Waals surface area contributed by atoms with Gasteiger partial charge in [0.05, 0.1) is 11.3 Å². The predicted molar refractivity (Wildman–Crippen MR) is 124 cm³/mol. The number of hydrogen-bond acceptors (Lipinski definition) is 3. The molecule has 1 heterocycles. The lowest BCUT2D eigenvalue weighted by Crippen LogP contribution is -2.17. The maximum absolute atomic E-state index is 12.7. The molecule has 0 radical (unpaired) electrons. The molecular formula is C25H24ClN3O. The van der Waals surface area contributed by atoms with E-state index >= 15 is 0 Å². The van der Waals surface area contributed by atoms with Crippen molar-refractivity contribution in [1.29, 1.82) is 0 Å². The number of carbonyl (C=O) groups is 1. The lowest BCUT2D eigenvalue weighted by molar-refractivity contribution is 0.102. The quantitative estimate of drug-likeness (QED) is 0.592. The van der Waals surface area contributed by atoms with Crippen molar-refractivity contribution in [2.24, 2.45) is 0 Å². The van der Waals surface area contributed by atoms with Crippen LogP contribution >= 0.6 is 11.6 Å². The van der Waals surface area contributed by atoms with Crippen molar-refractivity contribution in [2.75, 3.05) is 26.0 Å². The zero-order valence-electron chi connectivity index (χ0n) is 17.2. The Bertz CT molecular complexity index is 1090. The monoisotopic (exact) mass is 417 g/mol. The summed E-state index contributed by atoms with van der Waals surface area (Å²) in [5.74, 6) is -0.162. The molecule has 4 rings (SSSR count). The van der Waals surface area contributed by atoms with Crippen molar-refractivity contribution in [1.82, 2.24) is 9.88 Å². The highest BCUT2D eigenvalue weighted by molar-refractivity contribution is 6.30. The van der Waals surface area contributed by atoms with Gasteiger partial charge in [0, 0.05) is 29.0 Å².